The van der Waals surface area contributed by atoms with Crippen LogP contribution in [0.1, 0.15) is 30.9 Å². The Labute approximate surface area is 133 Å². The molecule has 0 spiro atoms. The van der Waals surface area contributed by atoms with Gasteiger partial charge in [0.05, 0.1) is 11.5 Å². The van der Waals surface area contributed by atoms with Crippen molar-refractivity contribution in [3.05, 3.63) is 29.3 Å². The number of sulfone groups is 1. The molecule has 0 fully saturated rings. The van der Waals surface area contributed by atoms with E-state index in [0.29, 0.717) is 25.3 Å². The number of rotatable bonds is 9. The lowest BCUT2D eigenvalue weighted by Gasteiger charge is -2.09. The van der Waals surface area contributed by atoms with Crippen molar-refractivity contribution in [2.24, 2.45) is 0 Å². The molecule has 0 aliphatic heterocycles. The lowest BCUT2D eigenvalue weighted by atomic mass is 10.2. The summed E-state index contributed by atoms with van der Waals surface area (Å²) in [6.45, 7) is 7.09. The largest absolute Gasteiger partial charge is 0.380 e. The lowest BCUT2D eigenvalue weighted by Crippen LogP contribution is -2.33. The predicted octanol–water partition coefficient (Wildman–Crippen LogP) is 2.01. The van der Waals surface area contributed by atoms with Crippen LogP contribution in [0.15, 0.2) is 23.1 Å². The zero-order valence-electron chi connectivity index (χ0n) is 13.5. The Balaban J connectivity index is 2.49. The third-order valence-corrected chi connectivity index (χ3v) is 4.97. The van der Waals surface area contributed by atoms with Crippen molar-refractivity contribution in [3.63, 3.8) is 0 Å². The van der Waals surface area contributed by atoms with E-state index in [1.54, 1.807) is 25.1 Å². The fourth-order valence-electron chi connectivity index (χ4n) is 2.06. The van der Waals surface area contributed by atoms with Gasteiger partial charge in [-0.15, -0.1) is 0 Å². The number of ether oxygens (including phenoxy) is 1. The fourth-order valence-corrected chi connectivity index (χ4v) is 3.49. The summed E-state index contributed by atoms with van der Waals surface area (Å²) in [4.78, 5) is 12.0. The molecule has 1 amide bonds. The summed E-state index contributed by atoms with van der Waals surface area (Å²) in [7, 11) is -3.61. The van der Waals surface area contributed by atoms with Crippen molar-refractivity contribution in [1.82, 2.24) is 5.32 Å². The summed E-state index contributed by atoms with van der Waals surface area (Å²) in [5.74, 6) is -1.04. The Morgan fingerprint density at radius 3 is 2.59 bits per heavy atom. The molecule has 0 aliphatic carbocycles. The zero-order chi connectivity index (χ0) is 16.6. The first kappa shape index (κ1) is 18.6. The first-order valence-corrected chi connectivity index (χ1v) is 9.16. The molecule has 0 saturated heterocycles. The van der Waals surface area contributed by atoms with Crippen molar-refractivity contribution < 1.29 is 17.9 Å². The molecule has 0 atom stereocenters. The van der Waals surface area contributed by atoms with Gasteiger partial charge in [0.15, 0.2) is 9.84 Å². The molecular formula is C16H25NO4S. The average Bonchev–Trinajstić information content (AvgIpc) is 2.41. The van der Waals surface area contributed by atoms with Gasteiger partial charge >= 0.3 is 0 Å². The highest BCUT2D eigenvalue weighted by molar-refractivity contribution is 7.92. The van der Waals surface area contributed by atoms with Crippen LogP contribution in [0.25, 0.3) is 0 Å². The Kier molecular flexibility index (Phi) is 7.55. The van der Waals surface area contributed by atoms with Gasteiger partial charge in [-0.05, 0) is 31.9 Å². The fraction of sp³-hybridized carbons (Fsp3) is 0.562. The minimum atomic E-state index is -3.61. The Morgan fingerprint density at radius 2 is 1.95 bits per heavy atom. The Bertz CT molecular complexity index is 596. The van der Waals surface area contributed by atoms with Crippen molar-refractivity contribution in [3.8, 4) is 0 Å². The number of benzene rings is 1. The monoisotopic (exact) mass is 327 g/mol. The van der Waals surface area contributed by atoms with Gasteiger partial charge in [-0.3, -0.25) is 4.79 Å². The average molecular weight is 327 g/mol. The van der Waals surface area contributed by atoms with E-state index in [9.17, 15) is 13.2 Å². The quantitative estimate of drug-likeness (QED) is 0.704. The van der Waals surface area contributed by atoms with E-state index < -0.39 is 21.5 Å². The minimum absolute atomic E-state index is 0.215. The summed E-state index contributed by atoms with van der Waals surface area (Å²) >= 11 is 0. The molecule has 0 saturated carbocycles. The molecule has 1 aromatic rings. The van der Waals surface area contributed by atoms with E-state index in [4.69, 9.17) is 4.74 Å². The molecule has 0 aromatic heterocycles. The van der Waals surface area contributed by atoms with Crippen LogP contribution < -0.4 is 5.32 Å². The highest BCUT2D eigenvalue weighted by Crippen LogP contribution is 2.17. The number of aryl methyl sites for hydroxylation is 2. The van der Waals surface area contributed by atoms with E-state index in [-0.39, 0.29) is 4.90 Å². The standard InChI is InChI=1S/C16H25NO4S/c1-4-5-9-21-10-8-17-16(18)12-22(19,20)15-7-6-13(2)11-14(15)3/h6-7,11H,4-5,8-10,12H2,1-3H3,(H,17,18). The van der Waals surface area contributed by atoms with Gasteiger partial charge in [0.2, 0.25) is 5.91 Å². The van der Waals surface area contributed by atoms with E-state index >= 15 is 0 Å². The molecule has 0 heterocycles. The van der Waals surface area contributed by atoms with Crippen LogP contribution in [-0.2, 0) is 19.4 Å². The van der Waals surface area contributed by atoms with Crippen molar-refractivity contribution in [1.29, 1.82) is 0 Å². The van der Waals surface area contributed by atoms with Crippen molar-refractivity contribution >= 4 is 15.7 Å². The normalized spacial score (nSPS) is 11.4. The van der Waals surface area contributed by atoms with E-state index in [1.807, 2.05) is 6.92 Å². The molecule has 22 heavy (non-hydrogen) atoms. The highest BCUT2D eigenvalue weighted by atomic mass is 32.2. The molecule has 124 valence electrons. The Morgan fingerprint density at radius 1 is 1.23 bits per heavy atom. The van der Waals surface area contributed by atoms with Gasteiger partial charge in [0.1, 0.15) is 5.75 Å². The molecule has 0 bridgehead atoms. The number of hydrogen-bond donors (Lipinski definition) is 1. The molecule has 0 unspecified atom stereocenters. The first-order valence-electron chi connectivity index (χ1n) is 7.51. The van der Waals surface area contributed by atoms with Crippen LogP contribution in [0.5, 0.6) is 0 Å². The molecule has 1 rings (SSSR count). The van der Waals surface area contributed by atoms with Crippen LogP contribution in [0.4, 0.5) is 0 Å². The van der Waals surface area contributed by atoms with Gasteiger partial charge in [-0.25, -0.2) is 8.42 Å². The second-order valence-electron chi connectivity index (χ2n) is 5.34. The van der Waals surface area contributed by atoms with E-state index in [0.717, 1.165) is 18.4 Å². The summed E-state index contributed by atoms with van der Waals surface area (Å²) in [6, 6.07) is 5.09. The maximum absolute atomic E-state index is 12.3. The maximum Gasteiger partial charge on any atom is 0.235 e. The van der Waals surface area contributed by atoms with Crippen LogP contribution in [0.2, 0.25) is 0 Å². The van der Waals surface area contributed by atoms with E-state index in [1.165, 1.54) is 0 Å². The van der Waals surface area contributed by atoms with Gasteiger partial charge < -0.3 is 10.1 Å². The zero-order valence-corrected chi connectivity index (χ0v) is 14.3. The first-order chi connectivity index (χ1) is 10.4. The van der Waals surface area contributed by atoms with E-state index in [2.05, 4.69) is 12.2 Å². The number of hydrogen-bond acceptors (Lipinski definition) is 4. The van der Waals surface area contributed by atoms with Gasteiger partial charge in [0, 0.05) is 13.2 Å². The van der Waals surface area contributed by atoms with Gasteiger partial charge in [0.25, 0.3) is 0 Å². The van der Waals surface area contributed by atoms with Crippen molar-refractivity contribution in [2.45, 2.75) is 38.5 Å². The molecule has 1 N–H and O–H groups in total. The smallest absolute Gasteiger partial charge is 0.235 e. The number of carbonyl (C=O) groups excluding carboxylic acids is 1. The molecular weight excluding hydrogens is 302 g/mol. The number of unbranched alkanes of at least 4 members (excludes halogenated alkanes) is 1. The van der Waals surface area contributed by atoms with Crippen LogP contribution in [-0.4, -0.2) is 39.8 Å². The molecule has 5 nitrogen and oxygen atoms in total. The Hall–Kier alpha value is -1.40. The third kappa shape index (κ3) is 6.15. The third-order valence-electron chi connectivity index (χ3n) is 3.20. The topological polar surface area (TPSA) is 72.5 Å². The summed E-state index contributed by atoms with van der Waals surface area (Å²) in [5, 5.41) is 2.57. The summed E-state index contributed by atoms with van der Waals surface area (Å²) in [5.41, 5.74) is 1.65. The van der Waals surface area contributed by atoms with Crippen LogP contribution >= 0.6 is 0 Å². The second-order valence-corrected chi connectivity index (χ2v) is 7.30. The number of carbonyl (C=O) groups is 1. The molecule has 6 heteroatoms. The molecule has 0 aliphatic rings. The number of amides is 1. The molecule has 1 aromatic carbocycles. The van der Waals surface area contributed by atoms with Gasteiger partial charge in [-0.2, -0.15) is 0 Å². The summed E-state index contributed by atoms with van der Waals surface area (Å²) in [6.07, 6.45) is 2.04. The van der Waals surface area contributed by atoms with Crippen LogP contribution in [0.3, 0.4) is 0 Å². The predicted molar refractivity (Wildman–Crippen MR) is 86.7 cm³/mol. The SMILES string of the molecule is CCCCOCCNC(=O)CS(=O)(=O)c1ccc(C)cc1C. The van der Waals surface area contributed by atoms with Gasteiger partial charge in [-0.1, -0.05) is 31.0 Å². The second kappa shape index (κ2) is 8.90. The minimum Gasteiger partial charge on any atom is -0.380 e. The van der Waals surface area contributed by atoms with Crippen molar-refractivity contribution in [2.75, 3.05) is 25.5 Å². The number of nitrogens with one attached hydrogen (secondary N) is 1. The maximum atomic E-state index is 12.3. The summed E-state index contributed by atoms with van der Waals surface area (Å²) < 4.78 is 29.8. The highest BCUT2D eigenvalue weighted by Gasteiger charge is 2.20. The molecule has 0 radical (unpaired) electrons. The van der Waals surface area contributed by atoms with Crippen LogP contribution in [0, 0.1) is 13.8 Å². The lowest BCUT2D eigenvalue weighted by molar-refractivity contribution is -0.118.